The van der Waals surface area contributed by atoms with Crippen LogP contribution in [0.25, 0.3) is 0 Å². The second-order valence-corrected chi connectivity index (χ2v) is 5.58. The zero-order valence-electron chi connectivity index (χ0n) is 9.41. The number of benzene rings is 1. The van der Waals surface area contributed by atoms with Crippen LogP contribution in [0.2, 0.25) is 0 Å². The normalized spacial score (nSPS) is 11.6. The Labute approximate surface area is 120 Å². The minimum atomic E-state index is -4.42. The van der Waals surface area contributed by atoms with Gasteiger partial charge >= 0.3 is 6.18 Å². The second kappa shape index (κ2) is 5.42. The molecular formula is C12H8BrF3N2S. The number of hydrogen-bond acceptors (Lipinski definition) is 3. The molecular weight excluding hydrogens is 341 g/mol. The Morgan fingerprint density at radius 2 is 1.95 bits per heavy atom. The molecule has 0 unspecified atom stereocenters. The largest absolute Gasteiger partial charge is 0.417 e. The number of anilines is 1. The van der Waals surface area contributed by atoms with Crippen molar-refractivity contribution in [1.82, 2.24) is 4.98 Å². The first kappa shape index (κ1) is 14.2. The van der Waals surface area contributed by atoms with Gasteiger partial charge in [0, 0.05) is 15.6 Å². The van der Waals surface area contributed by atoms with E-state index in [1.165, 1.54) is 12.3 Å². The molecule has 0 fully saturated rings. The van der Waals surface area contributed by atoms with Crippen LogP contribution in [0.15, 0.2) is 50.9 Å². The molecule has 7 heteroatoms. The molecule has 0 aliphatic carbocycles. The summed E-state index contributed by atoms with van der Waals surface area (Å²) in [6, 6.07) is 7.22. The molecule has 100 valence electrons. The van der Waals surface area contributed by atoms with Crippen LogP contribution in [0.4, 0.5) is 18.9 Å². The van der Waals surface area contributed by atoms with Crippen LogP contribution in [-0.4, -0.2) is 4.98 Å². The standard InChI is InChI=1S/C12H8BrF3N2S/c13-7-3-4-10(8(6-7)12(14,15)16)19-11-9(17)2-1-5-18-11/h1-6H,17H2. The maximum Gasteiger partial charge on any atom is 0.417 e. The predicted octanol–water partition coefficient (Wildman–Crippen LogP) is 4.60. The number of aromatic nitrogens is 1. The van der Waals surface area contributed by atoms with Crippen molar-refractivity contribution in [1.29, 1.82) is 0 Å². The van der Waals surface area contributed by atoms with Crippen molar-refractivity contribution in [3.05, 3.63) is 46.6 Å². The minimum Gasteiger partial charge on any atom is -0.397 e. The lowest BCUT2D eigenvalue weighted by molar-refractivity contribution is -0.139. The van der Waals surface area contributed by atoms with Gasteiger partial charge in [-0.25, -0.2) is 4.98 Å². The Hall–Kier alpha value is -1.21. The van der Waals surface area contributed by atoms with Gasteiger partial charge in [0.05, 0.1) is 11.3 Å². The number of halogens is 4. The molecule has 2 rings (SSSR count). The zero-order valence-corrected chi connectivity index (χ0v) is 11.8. The molecule has 0 saturated heterocycles. The highest BCUT2D eigenvalue weighted by atomic mass is 79.9. The first-order valence-corrected chi connectivity index (χ1v) is 6.74. The summed E-state index contributed by atoms with van der Waals surface area (Å²) in [6.07, 6.45) is -2.93. The number of alkyl halides is 3. The van der Waals surface area contributed by atoms with Gasteiger partial charge in [-0.3, -0.25) is 0 Å². The number of nitrogens with two attached hydrogens (primary N) is 1. The maximum atomic E-state index is 12.9. The SMILES string of the molecule is Nc1cccnc1Sc1ccc(Br)cc1C(F)(F)F. The summed E-state index contributed by atoms with van der Waals surface area (Å²) in [5.74, 6) is 0. The van der Waals surface area contributed by atoms with Crippen molar-refractivity contribution < 1.29 is 13.2 Å². The van der Waals surface area contributed by atoms with E-state index >= 15 is 0 Å². The van der Waals surface area contributed by atoms with E-state index in [1.54, 1.807) is 18.2 Å². The van der Waals surface area contributed by atoms with E-state index < -0.39 is 11.7 Å². The van der Waals surface area contributed by atoms with Gasteiger partial charge < -0.3 is 5.73 Å². The fourth-order valence-electron chi connectivity index (χ4n) is 1.41. The van der Waals surface area contributed by atoms with Gasteiger partial charge in [0.25, 0.3) is 0 Å². The smallest absolute Gasteiger partial charge is 0.397 e. The molecule has 0 saturated carbocycles. The van der Waals surface area contributed by atoms with Crippen LogP contribution < -0.4 is 5.73 Å². The Kier molecular flexibility index (Phi) is 4.05. The van der Waals surface area contributed by atoms with Gasteiger partial charge in [-0.2, -0.15) is 13.2 Å². The third-order valence-electron chi connectivity index (χ3n) is 2.25. The Bertz CT molecular complexity index is 602. The molecule has 0 spiro atoms. The molecule has 2 aromatic rings. The molecule has 0 bridgehead atoms. The van der Waals surface area contributed by atoms with Crippen LogP contribution in [-0.2, 0) is 6.18 Å². The number of hydrogen-bond donors (Lipinski definition) is 1. The zero-order chi connectivity index (χ0) is 14.0. The van der Waals surface area contributed by atoms with Crippen LogP contribution in [0.5, 0.6) is 0 Å². The fourth-order valence-corrected chi connectivity index (χ4v) is 2.69. The van der Waals surface area contributed by atoms with Crippen molar-refractivity contribution in [3.8, 4) is 0 Å². The number of rotatable bonds is 2. The average Bonchev–Trinajstić information content (AvgIpc) is 2.33. The topological polar surface area (TPSA) is 38.9 Å². The number of pyridine rings is 1. The first-order valence-electron chi connectivity index (χ1n) is 5.13. The van der Waals surface area contributed by atoms with Gasteiger partial charge in [-0.05, 0) is 30.3 Å². The summed E-state index contributed by atoms with van der Waals surface area (Å²) in [5.41, 5.74) is 5.32. The molecule has 1 heterocycles. The molecule has 0 aliphatic rings. The quantitative estimate of drug-likeness (QED) is 0.862. The lowest BCUT2D eigenvalue weighted by Crippen LogP contribution is -2.07. The monoisotopic (exact) mass is 348 g/mol. The molecule has 1 aromatic carbocycles. The van der Waals surface area contributed by atoms with Crippen LogP contribution in [0.1, 0.15) is 5.56 Å². The molecule has 2 nitrogen and oxygen atoms in total. The molecule has 0 aliphatic heterocycles. The highest BCUT2D eigenvalue weighted by molar-refractivity contribution is 9.10. The van der Waals surface area contributed by atoms with E-state index in [0.717, 1.165) is 17.8 Å². The number of nitrogen functional groups attached to an aromatic ring is 1. The summed E-state index contributed by atoms with van der Waals surface area (Å²) in [7, 11) is 0. The Morgan fingerprint density at radius 3 is 2.58 bits per heavy atom. The van der Waals surface area contributed by atoms with Gasteiger partial charge in [0.15, 0.2) is 0 Å². The van der Waals surface area contributed by atoms with Gasteiger partial charge in [-0.15, -0.1) is 0 Å². The van der Waals surface area contributed by atoms with Gasteiger partial charge in [0.1, 0.15) is 5.03 Å². The molecule has 0 atom stereocenters. The highest BCUT2D eigenvalue weighted by Crippen LogP contribution is 2.41. The van der Waals surface area contributed by atoms with Crippen LogP contribution >= 0.6 is 27.7 Å². The summed E-state index contributed by atoms with van der Waals surface area (Å²) >= 11 is 3.94. The van der Waals surface area contributed by atoms with Crippen LogP contribution in [0.3, 0.4) is 0 Å². The van der Waals surface area contributed by atoms with Gasteiger partial charge in [0.2, 0.25) is 0 Å². The summed E-state index contributed by atoms with van der Waals surface area (Å²) in [4.78, 5) is 4.05. The summed E-state index contributed by atoms with van der Waals surface area (Å²) in [6.45, 7) is 0. The molecule has 2 N–H and O–H groups in total. The summed E-state index contributed by atoms with van der Waals surface area (Å²) in [5, 5.41) is 0.357. The molecule has 0 radical (unpaired) electrons. The van der Waals surface area contributed by atoms with E-state index in [4.69, 9.17) is 5.73 Å². The van der Waals surface area contributed by atoms with Gasteiger partial charge in [-0.1, -0.05) is 27.7 Å². The van der Waals surface area contributed by atoms with E-state index in [1.807, 2.05) is 0 Å². The molecule has 0 amide bonds. The highest BCUT2D eigenvalue weighted by Gasteiger charge is 2.34. The fraction of sp³-hybridized carbons (Fsp3) is 0.0833. The number of nitrogens with zero attached hydrogens (tertiary/aromatic N) is 1. The summed E-state index contributed by atoms with van der Waals surface area (Å²) < 4.78 is 39.2. The van der Waals surface area contributed by atoms with E-state index in [9.17, 15) is 13.2 Å². The first-order chi connectivity index (χ1) is 8.88. The van der Waals surface area contributed by atoms with Crippen molar-refractivity contribution in [3.63, 3.8) is 0 Å². The minimum absolute atomic E-state index is 0.0705. The van der Waals surface area contributed by atoms with Crippen LogP contribution in [0, 0.1) is 0 Å². The predicted molar refractivity (Wildman–Crippen MR) is 71.9 cm³/mol. The molecule has 1 aromatic heterocycles. The lowest BCUT2D eigenvalue weighted by atomic mass is 10.2. The van der Waals surface area contributed by atoms with E-state index in [2.05, 4.69) is 20.9 Å². The average molecular weight is 349 g/mol. The Balaban J connectivity index is 2.44. The second-order valence-electron chi connectivity index (χ2n) is 3.64. The van der Waals surface area contributed by atoms with E-state index in [0.29, 0.717) is 15.2 Å². The van der Waals surface area contributed by atoms with Crippen molar-refractivity contribution >= 4 is 33.4 Å². The third kappa shape index (κ3) is 3.42. The lowest BCUT2D eigenvalue weighted by Gasteiger charge is -2.13. The van der Waals surface area contributed by atoms with Crippen molar-refractivity contribution in [2.75, 3.05) is 5.73 Å². The maximum absolute atomic E-state index is 12.9. The van der Waals surface area contributed by atoms with E-state index in [-0.39, 0.29) is 4.90 Å². The Morgan fingerprint density at radius 1 is 1.21 bits per heavy atom. The van der Waals surface area contributed by atoms with Crippen molar-refractivity contribution in [2.45, 2.75) is 16.1 Å². The molecule has 19 heavy (non-hydrogen) atoms. The third-order valence-corrected chi connectivity index (χ3v) is 3.86. The van der Waals surface area contributed by atoms with Crippen molar-refractivity contribution in [2.24, 2.45) is 0 Å².